The van der Waals surface area contributed by atoms with E-state index in [0.29, 0.717) is 12.4 Å². The smallest absolute Gasteiger partial charge is 0.138 e. The highest BCUT2D eigenvalue weighted by atomic mass is 16.5. The zero-order valence-corrected chi connectivity index (χ0v) is 19.6. The fourth-order valence-corrected chi connectivity index (χ4v) is 4.49. The molecule has 0 unspecified atom stereocenters. The normalized spacial score (nSPS) is 11.4. The third-order valence-corrected chi connectivity index (χ3v) is 6.34. The fraction of sp³-hybridized carbons (Fsp3) is 0.0345. The first kappa shape index (κ1) is 21.1. The maximum Gasteiger partial charge on any atom is 0.138 e. The molecule has 0 saturated carbocycles. The van der Waals surface area contributed by atoms with Crippen LogP contribution in [0.2, 0.25) is 0 Å². The zero-order valence-electron chi connectivity index (χ0n) is 19.6. The van der Waals surface area contributed by atoms with Crippen molar-refractivity contribution in [2.24, 2.45) is 0 Å². The summed E-state index contributed by atoms with van der Waals surface area (Å²) in [6.07, 6.45) is 12.3. The molecule has 0 radical (unpaired) electrons. The summed E-state index contributed by atoms with van der Waals surface area (Å²) in [7, 11) is 0. The fourth-order valence-electron chi connectivity index (χ4n) is 4.49. The quantitative estimate of drug-likeness (QED) is 0.283. The van der Waals surface area contributed by atoms with Gasteiger partial charge in [-0.05, 0) is 29.8 Å². The van der Waals surface area contributed by atoms with Crippen LogP contribution < -0.4 is 4.74 Å². The van der Waals surface area contributed by atoms with Crippen molar-refractivity contribution in [2.75, 3.05) is 0 Å². The lowest BCUT2D eigenvalue weighted by Gasteiger charge is -2.08. The van der Waals surface area contributed by atoms with Crippen LogP contribution in [0.4, 0.5) is 0 Å². The lowest BCUT2D eigenvalue weighted by Crippen LogP contribution is -1.96. The molecule has 8 nitrogen and oxygen atoms in total. The maximum absolute atomic E-state index is 5.97. The number of furan rings is 1. The highest BCUT2D eigenvalue weighted by molar-refractivity contribution is 6.00. The molecule has 37 heavy (non-hydrogen) atoms. The van der Waals surface area contributed by atoms with E-state index >= 15 is 0 Å². The molecule has 0 saturated heterocycles. The molecule has 7 aromatic rings. The molecule has 0 bridgehead atoms. The molecule has 2 N–H and O–H groups in total. The van der Waals surface area contributed by atoms with Gasteiger partial charge in [0.2, 0.25) is 0 Å². The second kappa shape index (κ2) is 8.76. The first-order valence-electron chi connectivity index (χ1n) is 11.8. The van der Waals surface area contributed by atoms with Gasteiger partial charge < -0.3 is 14.1 Å². The van der Waals surface area contributed by atoms with E-state index in [1.54, 1.807) is 31.1 Å². The Kier molecular flexibility index (Phi) is 4.99. The van der Waals surface area contributed by atoms with E-state index in [9.17, 15) is 0 Å². The molecule has 6 heterocycles. The highest BCUT2D eigenvalue weighted by Crippen LogP contribution is 2.34. The number of aromatic amines is 2. The molecule has 0 amide bonds. The summed E-state index contributed by atoms with van der Waals surface area (Å²) in [5, 5.41) is 9.69. The standard InChI is InChI=1S/C29H20N6O2/c1-2-4-18(5-3-1)16-37-21-8-20(11-30-12-21)25-10-23-28(15-32-25)34-35-29(23)26-9-22-24(19-6-7-36-17-19)13-31-14-27(22)33-26/h1-15,17,33H,16H2,(H,34,35). The molecule has 0 aliphatic rings. The van der Waals surface area contributed by atoms with Gasteiger partial charge in [-0.25, -0.2) is 0 Å². The van der Waals surface area contributed by atoms with Crippen molar-refractivity contribution in [2.45, 2.75) is 6.61 Å². The van der Waals surface area contributed by atoms with Crippen molar-refractivity contribution in [1.29, 1.82) is 0 Å². The molecule has 0 fully saturated rings. The number of nitrogens with zero attached hydrogens (tertiary/aromatic N) is 4. The number of benzene rings is 1. The SMILES string of the molecule is c1ccc(COc2cncc(-c3cc4c(-c5cc6c(-c7ccoc7)cncc6[nH]5)n[nH]c4cn3)c2)cc1. The lowest BCUT2D eigenvalue weighted by molar-refractivity contribution is 0.305. The van der Waals surface area contributed by atoms with E-state index in [1.807, 2.05) is 60.9 Å². The number of rotatable bonds is 6. The number of nitrogens with one attached hydrogen (secondary N) is 2. The Hall–Kier alpha value is -5.24. The van der Waals surface area contributed by atoms with Gasteiger partial charge in [-0.3, -0.25) is 20.1 Å². The minimum absolute atomic E-state index is 0.473. The Morgan fingerprint density at radius 2 is 1.73 bits per heavy atom. The molecule has 0 aliphatic carbocycles. The minimum Gasteiger partial charge on any atom is -0.487 e. The van der Waals surface area contributed by atoms with E-state index < -0.39 is 0 Å². The second-order valence-electron chi connectivity index (χ2n) is 8.71. The number of hydrogen-bond donors (Lipinski definition) is 2. The topological polar surface area (TPSA) is 106 Å². The van der Waals surface area contributed by atoms with Crippen LogP contribution in [0.25, 0.3) is 55.6 Å². The van der Waals surface area contributed by atoms with Gasteiger partial charge in [0.1, 0.15) is 18.1 Å². The first-order valence-corrected chi connectivity index (χ1v) is 11.8. The zero-order chi connectivity index (χ0) is 24.6. The predicted molar refractivity (Wildman–Crippen MR) is 141 cm³/mol. The molecule has 0 aliphatic heterocycles. The predicted octanol–water partition coefficient (Wildman–Crippen LogP) is 6.40. The van der Waals surface area contributed by atoms with Crippen LogP contribution in [0.1, 0.15) is 5.56 Å². The molecular formula is C29H20N6O2. The summed E-state index contributed by atoms with van der Waals surface area (Å²) in [5.41, 5.74) is 8.17. The Balaban J connectivity index is 1.24. The number of aromatic nitrogens is 6. The monoisotopic (exact) mass is 484 g/mol. The number of pyridine rings is 3. The second-order valence-corrected chi connectivity index (χ2v) is 8.71. The van der Waals surface area contributed by atoms with Crippen molar-refractivity contribution in [3.05, 3.63) is 104 Å². The van der Waals surface area contributed by atoms with Crippen LogP contribution in [-0.4, -0.2) is 30.1 Å². The number of fused-ring (bicyclic) bond motifs is 2. The molecule has 0 spiro atoms. The number of hydrogen-bond acceptors (Lipinski definition) is 6. The summed E-state index contributed by atoms with van der Waals surface area (Å²) in [6.45, 7) is 0.473. The van der Waals surface area contributed by atoms with Gasteiger partial charge in [0.15, 0.2) is 0 Å². The Morgan fingerprint density at radius 1 is 0.811 bits per heavy atom. The highest BCUT2D eigenvalue weighted by Gasteiger charge is 2.15. The summed E-state index contributed by atoms with van der Waals surface area (Å²) in [4.78, 5) is 16.9. The average molecular weight is 485 g/mol. The molecule has 7 rings (SSSR count). The summed E-state index contributed by atoms with van der Waals surface area (Å²) >= 11 is 0. The van der Waals surface area contributed by atoms with Gasteiger partial charge in [0, 0.05) is 39.9 Å². The van der Waals surface area contributed by atoms with Gasteiger partial charge >= 0.3 is 0 Å². The summed E-state index contributed by atoms with van der Waals surface area (Å²) in [5.74, 6) is 0.686. The van der Waals surface area contributed by atoms with Gasteiger partial charge in [-0.15, -0.1) is 0 Å². The van der Waals surface area contributed by atoms with Crippen LogP contribution in [0.3, 0.4) is 0 Å². The Morgan fingerprint density at radius 3 is 2.62 bits per heavy atom. The van der Waals surface area contributed by atoms with Crippen molar-refractivity contribution >= 4 is 21.8 Å². The minimum atomic E-state index is 0.473. The van der Waals surface area contributed by atoms with E-state index in [4.69, 9.17) is 9.15 Å². The van der Waals surface area contributed by atoms with Crippen molar-refractivity contribution in [3.63, 3.8) is 0 Å². The third kappa shape index (κ3) is 3.90. The first-order chi connectivity index (χ1) is 18.3. The Bertz CT molecular complexity index is 1840. The van der Waals surface area contributed by atoms with Crippen LogP contribution in [-0.2, 0) is 6.61 Å². The van der Waals surface area contributed by atoms with Gasteiger partial charge in [-0.2, -0.15) is 5.10 Å². The van der Waals surface area contributed by atoms with E-state index in [-0.39, 0.29) is 0 Å². The van der Waals surface area contributed by atoms with Gasteiger partial charge in [0.25, 0.3) is 0 Å². The van der Waals surface area contributed by atoms with Gasteiger partial charge in [0.05, 0.1) is 53.5 Å². The van der Waals surface area contributed by atoms with Gasteiger partial charge in [-0.1, -0.05) is 30.3 Å². The number of H-pyrrole nitrogens is 2. The van der Waals surface area contributed by atoms with Crippen molar-refractivity contribution in [1.82, 2.24) is 30.1 Å². The van der Waals surface area contributed by atoms with Crippen molar-refractivity contribution < 1.29 is 9.15 Å². The Labute approximate surface area is 211 Å². The maximum atomic E-state index is 5.97. The average Bonchev–Trinajstić information content (AvgIpc) is 3.71. The molecule has 1 aromatic carbocycles. The van der Waals surface area contributed by atoms with E-state index in [1.165, 1.54) is 0 Å². The molecule has 0 atom stereocenters. The molecule has 8 heteroatoms. The third-order valence-electron chi connectivity index (χ3n) is 6.34. The summed E-state index contributed by atoms with van der Waals surface area (Å²) in [6, 6.07) is 18.0. The lowest BCUT2D eigenvalue weighted by atomic mass is 10.1. The van der Waals surface area contributed by atoms with Crippen molar-refractivity contribution in [3.8, 4) is 39.5 Å². The van der Waals surface area contributed by atoms with E-state index in [2.05, 4.69) is 36.2 Å². The largest absolute Gasteiger partial charge is 0.487 e. The number of ether oxygens (including phenoxy) is 1. The molecule has 6 aromatic heterocycles. The summed E-state index contributed by atoms with van der Waals surface area (Å²) < 4.78 is 11.2. The van der Waals surface area contributed by atoms with Crippen LogP contribution >= 0.6 is 0 Å². The molecule has 178 valence electrons. The van der Waals surface area contributed by atoms with Crippen LogP contribution in [0, 0.1) is 0 Å². The van der Waals surface area contributed by atoms with E-state index in [0.717, 1.165) is 61.1 Å². The molecular weight excluding hydrogens is 464 g/mol. The van der Waals surface area contributed by atoms with Crippen LogP contribution in [0.5, 0.6) is 5.75 Å². The van der Waals surface area contributed by atoms with Crippen LogP contribution in [0.15, 0.2) is 103 Å².